The first-order valence-electron chi connectivity index (χ1n) is 7.51. The van der Waals surface area contributed by atoms with Crippen LogP contribution in [0.1, 0.15) is 30.4 Å². The Hall–Kier alpha value is -0.580. The van der Waals surface area contributed by atoms with Crippen molar-refractivity contribution in [1.29, 1.82) is 0 Å². The molecule has 0 aliphatic carbocycles. The van der Waals surface area contributed by atoms with Gasteiger partial charge in [0.15, 0.2) is 0 Å². The van der Waals surface area contributed by atoms with Gasteiger partial charge in [-0.05, 0) is 56.0 Å². The van der Waals surface area contributed by atoms with Gasteiger partial charge < -0.3 is 14.8 Å². The zero-order valence-electron chi connectivity index (χ0n) is 12.0. The van der Waals surface area contributed by atoms with E-state index >= 15 is 0 Å². The highest BCUT2D eigenvalue weighted by Crippen LogP contribution is 2.34. The van der Waals surface area contributed by atoms with Crippen LogP contribution in [0.3, 0.4) is 0 Å². The third kappa shape index (κ3) is 3.02. The molecule has 2 aliphatic rings. The number of benzene rings is 1. The van der Waals surface area contributed by atoms with E-state index in [0.29, 0.717) is 12.1 Å². The van der Waals surface area contributed by atoms with Crippen molar-refractivity contribution >= 4 is 15.9 Å². The average Bonchev–Trinajstić information content (AvgIpc) is 2.93. The third-order valence-electron chi connectivity index (χ3n) is 4.30. The van der Waals surface area contributed by atoms with E-state index in [1.54, 1.807) is 0 Å². The van der Waals surface area contributed by atoms with Gasteiger partial charge in [-0.2, -0.15) is 0 Å². The highest BCUT2D eigenvalue weighted by Gasteiger charge is 2.26. The van der Waals surface area contributed by atoms with E-state index in [2.05, 4.69) is 33.4 Å². The van der Waals surface area contributed by atoms with E-state index in [1.165, 1.54) is 24.0 Å². The molecule has 0 radical (unpaired) electrons. The van der Waals surface area contributed by atoms with Crippen LogP contribution in [-0.4, -0.2) is 32.4 Å². The molecule has 3 nitrogen and oxygen atoms in total. The summed E-state index contributed by atoms with van der Waals surface area (Å²) in [5.41, 5.74) is 2.62. The summed E-state index contributed by atoms with van der Waals surface area (Å²) in [7, 11) is 2.03. The first kappa shape index (κ1) is 14.4. The lowest BCUT2D eigenvalue weighted by Gasteiger charge is -2.30. The molecule has 4 heteroatoms. The third-order valence-corrected chi connectivity index (χ3v) is 4.76. The van der Waals surface area contributed by atoms with E-state index in [-0.39, 0.29) is 0 Å². The molecule has 3 rings (SSSR count). The molecule has 0 amide bonds. The van der Waals surface area contributed by atoms with E-state index in [1.807, 2.05) is 7.05 Å². The maximum atomic E-state index is 5.94. The van der Waals surface area contributed by atoms with Gasteiger partial charge in [0, 0.05) is 23.5 Å². The van der Waals surface area contributed by atoms with Gasteiger partial charge in [0.25, 0.3) is 0 Å². The summed E-state index contributed by atoms with van der Waals surface area (Å²) in [6.45, 7) is 1.71. The van der Waals surface area contributed by atoms with Gasteiger partial charge in [-0.1, -0.05) is 15.9 Å². The molecule has 2 aliphatic heterocycles. The Morgan fingerprint density at radius 1 is 1.35 bits per heavy atom. The molecule has 1 aromatic rings. The number of rotatable bonds is 4. The Bertz CT molecular complexity index is 472. The topological polar surface area (TPSA) is 30.5 Å². The van der Waals surface area contributed by atoms with Crippen LogP contribution >= 0.6 is 15.9 Å². The molecule has 2 atom stereocenters. The lowest BCUT2D eigenvalue weighted by molar-refractivity contribution is -0.00596. The Labute approximate surface area is 129 Å². The first-order chi connectivity index (χ1) is 9.78. The second-order valence-corrected chi connectivity index (χ2v) is 6.57. The normalized spacial score (nSPS) is 23.2. The molecule has 2 heterocycles. The van der Waals surface area contributed by atoms with Crippen molar-refractivity contribution in [3.8, 4) is 5.75 Å². The molecule has 2 unspecified atom stereocenters. The second kappa shape index (κ2) is 6.46. The lowest BCUT2D eigenvalue weighted by Crippen LogP contribution is -2.42. The molecule has 1 N–H and O–H groups in total. The fourth-order valence-electron chi connectivity index (χ4n) is 3.24. The van der Waals surface area contributed by atoms with Crippen LogP contribution in [-0.2, 0) is 17.6 Å². The summed E-state index contributed by atoms with van der Waals surface area (Å²) in [5.74, 6) is 1.10. The fourth-order valence-corrected chi connectivity index (χ4v) is 3.79. The van der Waals surface area contributed by atoms with Gasteiger partial charge in [-0.25, -0.2) is 0 Å². The molecular formula is C16H22BrNO2. The van der Waals surface area contributed by atoms with Crippen molar-refractivity contribution in [3.63, 3.8) is 0 Å². The van der Waals surface area contributed by atoms with Gasteiger partial charge in [-0.3, -0.25) is 0 Å². The van der Waals surface area contributed by atoms with Crippen molar-refractivity contribution in [3.05, 3.63) is 27.7 Å². The predicted octanol–water partition coefficient (Wildman–Crippen LogP) is 3.08. The number of fused-ring (bicyclic) bond motifs is 1. The van der Waals surface area contributed by atoms with Crippen LogP contribution in [0.2, 0.25) is 0 Å². The average molecular weight is 340 g/mol. The highest BCUT2D eigenvalue weighted by atomic mass is 79.9. The van der Waals surface area contributed by atoms with Crippen molar-refractivity contribution in [2.45, 2.75) is 44.2 Å². The molecular weight excluding hydrogens is 318 g/mol. The number of halogens is 1. The molecule has 1 saturated heterocycles. The van der Waals surface area contributed by atoms with Crippen LogP contribution in [0.5, 0.6) is 5.75 Å². The monoisotopic (exact) mass is 339 g/mol. The van der Waals surface area contributed by atoms with E-state index in [4.69, 9.17) is 9.47 Å². The van der Waals surface area contributed by atoms with Crippen molar-refractivity contribution in [1.82, 2.24) is 5.32 Å². The number of ether oxygens (including phenoxy) is 2. The van der Waals surface area contributed by atoms with Crippen molar-refractivity contribution in [2.24, 2.45) is 0 Å². The lowest BCUT2D eigenvalue weighted by atomic mass is 9.94. The molecule has 0 bridgehead atoms. The van der Waals surface area contributed by atoms with E-state index < -0.39 is 0 Å². The Morgan fingerprint density at radius 3 is 3.00 bits per heavy atom. The number of nitrogens with one attached hydrogen (secondary N) is 1. The number of hydrogen-bond acceptors (Lipinski definition) is 3. The maximum Gasteiger partial charge on any atom is 0.125 e. The van der Waals surface area contributed by atoms with Gasteiger partial charge in [0.2, 0.25) is 0 Å². The van der Waals surface area contributed by atoms with Crippen molar-refractivity contribution < 1.29 is 9.47 Å². The smallest absolute Gasteiger partial charge is 0.125 e. The number of likely N-dealkylation sites (N-methyl/N-ethyl adjacent to an activating group) is 1. The quantitative estimate of drug-likeness (QED) is 0.914. The predicted molar refractivity (Wildman–Crippen MR) is 83.5 cm³/mol. The molecule has 110 valence electrons. The Morgan fingerprint density at radius 2 is 2.25 bits per heavy atom. The van der Waals surface area contributed by atoms with Crippen LogP contribution < -0.4 is 10.1 Å². The van der Waals surface area contributed by atoms with Crippen LogP contribution in [0.25, 0.3) is 0 Å². The second-order valence-electron chi connectivity index (χ2n) is 5.66. The minimum Gasteiger partial charge on any atom is -0.493 e. The fraction of sp³-hybridized carbons (Fsp3) is 0.625. The van der Waals surface area contributed by atoms with E-state index in [9.17, 15) is 0 Å². The number of hydrogen-bond donors (Lipinski definition) is 1. The van der Waals surface area contributed by atoms with Crippen molar-refractivity contribution in [2.75, 3.05) is 20.3 Å². The van der Waals surface area contributed by atoms with Gasteiger partial charge in [-0.15, -0.1) is 0 Å². The highest BCUT2D eigenvalue weighted by molar-refractivity contribution is 9.10. The maximum absolute atomic E-state index is 5.94. The van der Waals surface area contributed by atoms with Gasteiger partial charge in [0.05, 0.1) is 12.7 Å². The standard InChI is InChI=1S/C16H22BrNO2/c1-18-14(15-4-2-3-6-19-15)10-12-9-13(17)8-11-5-7-20-16(11)12/h8-9,14-15,18H,2-7,10H2,1H3. The summed E-state index contributed by atoms with van der Waals surface area (Å²) < 4.78 is 12.9. The largest absolute Gasteiger partial charge is 0.493 e. The zero-order chi connectivity index (χ0) is 13.9. The summed E-state index contributed by atoms with van der Waals surface area (Å²) in [4.78, 5) is 0. The summed E-state index contributed by atoms with van der Waals surface area (Å²) >= 11 is 3.62. The minimum absolute atomic E-state index is 0.324. The Kier molecular flexibility index (Phi) is 4.64. The van der Waals surface area contributed by atoms with Crippen LogP contribution in [0, 0.1) is 0 Å². The van der Waals surface area contributed by atoms with Gasteiger partial charge >= 0.3 is 0 Å². The van der Waals surface area contributed by atoms with E-state index in [0.717, 1.165) is 42.7 Å². The zero-order valence-corrected chi connectivity index (χ0v) is 13.5. The first-order valence-corrected chi connectivity index (χ1v) is 8.30. The molecule has 0 spiro atoms. The molecule has 1 aromatic carbocycles. The Balaban J connectivity index is 1.78. The van der Waals surface area contributed by atoms with Crippen LogP contribution in [0.4, 0.5) is 0 Å². The SMILES string of the molecule is CNC(Cc1cc(Br)cc2c1OCC2)C1CCCCO1. The van der Waals surface area contributed by atoms with Gasteiger partial charge in [0.1, 0.15) is 5.75 Å². The molecule has 1 fully saturated rings. The summed E-state index contributed by atoms with van der Waals surface area (Å²) in [5, 5.41) is 3.44. The summed E-state index contributed by atoms with van der Waals surface area (Å²) in [6, 6.07) is 4.73. The molecule has 20 heavy (non-hydrogen) atoms. The minimum atomic E-state index is 0.324. The molecule has 0 saturated carbocycles. The molecule has 0 aromatic heterocycles. The van der Waals surface area contributed by atoms with Crippen LogP contribution in [0.15, 0.2) is 16.6 Å². The summed E-state index contributed by atoms with van der Waals surface area (Å²) in [6.07, 6.45) is 5.93.